The number of hydrogen-bond acceptors (Lipinski definition) is 6. The van der Waals surface area contributed by atoms with Crippen LogP contribution in [0.25, 0.3) is 11.0 Å². The SMILES string of the molecule is COc1ccc(Oc2ccc(CNc3nc4ccc(CC5COC5)cc4n3C)cc2)nc1. The molecule has 0 bridgehead atoms. The topological polar surface area (TPSA) is 70.4 Å². The summed E-state index contributed by atoms with van der Waals surface area (Å²) in [4.78, 5) is 8.98. The minimum absolute atomic E-state index is 0.528. The van der Waals surface area contributed by atoms with Crippen LogP contribution in [-0.4, -0.2) is 34.9 Å². The first-order valence-electron chi connectivity index (χ1n) is 10.7. The predicted molar refractivity (Wildman–Crippen MR) is 123 cm³/mol. The third kappa shape index (κ3) is 4.38. The molecule has 0 amide bonds. The van der Waals surface area contributed by atoms with Gasteiger partial charge in [0.05, 0.1) is 37.6 Å². The maximum Gasteiger partial charge on any atom is 0.219 e. The van der Waals surface area contributed by atoms with E-state index in [2.05, 4.69) is 33.1 Å². The number of hydrogen-bond donors (Lipinski definition) is 1. The number of imidazole rings is 1. The highest BCUT2D eigenvalue weighted by molar-refractivity contribution is 5.79. The Morgan fingerprint density at radius 3 is 2.50 bits per heavy atom. The van der Waals surface area contributed by atoms with Crippen LogP contribution < -0.4 is 14.8 Å². The lowest BCUT2D eigenvalue weighted by atomic mass is 9.98. The van der Waals surface area contributed by atoms with Crippen molar-refractivity contribution in [3.8, 4) is 17.4 Å². The van der Waals surface area contributed by atoms with E-state index in [9.17, 15) is 0 Å². The fourth-order valence-corrected chi connectivity index (χ4v) is 3.78. The molecule has 0 spiro atoms. The standard InChI is InChI=1S/C25H26N4O3/c1-29-23-12-18(11-19-15-31-16-19)5-9-22(23)28-25(29)27-13-17-3-6-20(7-4-17)32-24-10-8-21(30-2)14-26-24/h3-10,12,14,19H,11,13,15-16H2,1-2H3,(H,27,28). The molecule has 3 heterocycles. The zero-order chi connectivity index (χ0) is 21.9. The van der Waals surface area contributed by atoms with Gasteiger partial charge in [-0.25, -0.2) is 9.97 Å². The molecular formula is C25H26N4O3. The van der Waals surface area contributed by atoms with Gasteiger partial charge in [0.1, 0.15) is 11.5 Å². The van der Waals surface area contributed by atoms with Crippen molar-refractivity contribution < 1.29 is 14.2 Å². The summed E-state index contributed by atoms with van der Waals surface area (Å²) in [6, 6.07) is 18.1. The number of nitrogens with one attached hydrogen (secondary N) is 1. The first kappa shape index (κ1) is 20.3. The fraction of sp³-hybridized carbons (Fsp3) is 0.280. The first-order chi connectivity index (χ1) is 15.7. The summed E-state index contributed by atoms with van der Waals surface area (Å²) < 4.78 is 18.3. The van der Waals surface area contributed by atoms with Gasteiger partial charge >= 0.3 is 0 Å². The molecule has 2 aromatic heterocycles. The Kier molecular flexibility index (Phi) is 5.64. The van der Waals surface area contributed by atoms with Crippen LogP contribution in [-0.2, 0) is 24.8 Å². The Labute approximate surface area is 187 Å². The van der Waals surface area contributed by atoms with Crippen molar-refractivity contribution in [2.45, 2.75) is 13.0 Å². The first-order valence-corrected chi connectivity index (χ1v) is 10.7. The van der Waals surface area contributed by atoms with Gasteiger partial charge in [0, 0.05) is 25.6 Å². The van der Waals surface area contributed by atoms with Crippen LogP contribution in [0, 0.1) is 5.92 Å². The minimum atomic E-state index is 0.528. The Bertz CT molecular complexity index is 1200. The average molecular weight is 431 g/mol. The van der Waals surface area contributed by atoms with Gasteiger partial charge in [-0.05, 0) is 47.9 Å². The quantitative estimate of drug-likeness (QED) is 0.442. The maximum absolute atomic E-state index is 5.79. The van der Waals surface area contributed by atoms with Gasteiger partial charge in [-0.15, -0.1) is 0 Å². The highest BCUT2D eigenvalue weighted by Gasteiger charge is 2.19. The highest BCUT2D eigenvalue weighted by Crippen LogP contribution is 2.24. The van der Waals surface area contributed by atoms with Crippen molar-refractivity contribution >= 4 is 17.0 Å². The van der Waals surface area contributed by atoms with Crippen LogP contribution in [0.4, 0.5) is 5.95 Å². The molecule has 5 rings (SSSR count). The van der Waals surface area contributed by atoms with E-state index >= 15 is 0 Å². The molecule has 1 N–H and O–H groups in total. The van der Waals surface area contributed by atoms with Crippen LogP contribution in [0.1, 0.15) is 11.1 Å². The third-order valence-electron chi connectivity index (χ3n) is 5.72. The number of aromatic nitrogens is 3. The molecule has 4 aromatic rings. The molecule has 1 fully saturated rings. The van der Waals surface area contributed by atoms with Gasteiger partial charge in [-0.2, -0.15) is 0 Å². The van der Waals surface area contributed by atoms with E-state index in [1.165, 1.54) is 5.56 Å². The molecule has 2 aromatic carbocycles. The normalized spacial score (nSPS) is 13.7. The third-order valence-corrected chi connectivity index (χ3v) is 5.72. The van der Waals surface area contributed by atoms with E-state index in [1.807, 2.05) is 37.4 Å². The Morgan fingerprint density at radius 1 is 1.03 bits per heavy atom. The lowest BCUT2D eigenvalue weighted by Crippen LogP contribution is -2.29. The summed E-state index contributed by atoms with van der Waals surface area (Å²) in [6.45, 7) is 2.41. The van der Waals surface area contributed by atoms with Crippen molar-refractivity contribution in [3.63, 3.8) is 0 Å². The van der Waals surface area contributed by atoms with Crippen LogP contribution in [0.2, 0.25) is 0 Å². The molecule has 1 aliphatic rings. The number of anilines is 1. The Hall–Kier alpha value is -3.58. The summed E-state index contributed by atoms with van der Waals surface area (Å²) in [5.41, 5.74) is 4.61. The van der Waals surface area contributed by atoms with E-state index in [-0.39, 0.29) is 0 Å². The number of benzene rings is 2. The maximum atomic E-state index is 5.79. The number of pyridine rings is 1. The largest absolute Gasteiger partial charge is 0.495 e. The van der Waals surface area contributed by atoms with Crippen molar-refractivity contribution in [2.24, 2.45) is 13.0 Å². The second-order valence-corrected chi connectivity index (χ2v) is 8.06. The molecule has 7 heteroatoms. The lowest BCUT2D eigenvalue weighted by Gasteiger charge is -2.25. The lowest BCUT2D eigenvalue weighted by molar-refractivity contribution is -0.0312. The number of ether oxygens (including phenoxy) is 3. The summed E-state index contributed by atoms with van der Waals surface area (Å²) in [5.74, 6) is 3.46. The number of rotatable bonds is 8. The molecule has 1 aliphatic heterocycles. The number of methoxy groups -OCH3 is 1. The summed E-state index contributed by atoms with van der Waals surface area (Å²) in [6.07, 6.45) is 2.69. The Morgan fingerprint density at radius 2 is 1.81 bits per heavy atom. The van der Waals surface area contributed by atoms with Gasteiger partial charge in [-0.3, -0.25) is 0 Å². The van der Waals surface area contributed by atoms with E-state index in [4.69, 9.17) is 19.2 Å². The van der Waals surface area contributed by atoms with Crippen molar-refractivity contribution in [1.29, 1.82) is 0 Å². The van der Waals surface area contributed by atoms with Crippen LogP contribution >= 0.6 is 0 Å². The number of fused-ring (bicyclic) bond motifs is 1. The number of aryl methyl sites for hydroxylation is 1. The summed E-state index contributed by atoms with van der Waals surface area (Å²) >= 11 is 0. The zero-order valence-corrected chi connectivity index (χ0v) is 18.2. The molecule has 164 valence electrons. The molecule has 0 unspecified atom stereocenters. The van der Waals surface area contributed by atoms with Gasteiger partial charge < -0.3 is 24.1 Å². The molecule has 0 atom stereocenters. The smallest absolute Gasteiger partial charge is 0.219 e. The van der Waals surface area contributed by atoms with Gasteiger partial charge in [0.15, 0.2) is 0 Å². The second kappa shape index (κ2) is 8.88. The van der Waals surface area contributed by atoms with E-state index in [0.29, 0.717) is 24.1 Å². The van der Waals surface area contributed by atoms with Gasteiger partial charge in [-0.1, -0.05) is 18.2 Å². The minimum Gasteiger partial charge on any atom is -0.495 e. The number of nitrogens with zero attached hydrogens (tertiary/aromatic N) is 3. The van der Waals surface area contributed by atoms with Gasteiger partial charge in [0.2, 0.25) is 11.8 Å². The summed E-state index contributed by atoms with van der Waals surface area (Å²) in [5, 5.41) is 3.45. The molecule has 7 nitrogen and oxygen atoms in total. The molecule has 1 saturated heterocycles. The summed E-state index contributed by atoms with van der Waals surface area (Å²) in [7, 11) is 3.66. The molecular weight excluding hydrogens is 404 g/mol. The Balaban J connectivity index is 1.22. The van der Waals surface area contributed by atoms with Crippen molar-refractivity contribution in [3.05, 3.63) is 71.9 Å². The van der Waals surface area contributed by atoms with Crippen molar-refractivity contribution in [1.82, 2.24) is 14.5 Å². The average Bonchev–Trinajstić information content (AvgIpc) is 3.11. The van der Waals surface area contributed by atoms with E-state index in [1.54, 1.807) is 19.4 Å². The van der Waals surface area contributed by atoms with E-state index in [0.717, 1.165) is 47.9 Å². The van der Waals surface area contributed by atoms with Crippen molar-refractivity contribution in [2.75, 3.05) is 25.6 Å². The van der Waals surface area contributed by atoms with Crippen LogP contribution in [0.5, 0.6) is 17.4 Å². The van der Waals surface area contributed by atoms with Crippen LogP contribution in [0.15, 0.2) is 60.8 Å². The zero-order valence-electron chi connectivity index (χ0n) is 18.2. The molecule has 0 aliphatic carbocycles. The monoisotopic (exact) mass is 430 g/mol. The molecule has 32 heavy (non-hydrogen) atoms. The van der Waals surface area contributed by atoms with Gasteiger partial charge in [0.25, 0.3) is 0 Å². The van der Waals surface area contributed by atoms with Crippen LogP contribution in [0.3, 0.4) is 0 Å². The highest BCUT2D eigenvalue weighted by atomic mass is 16.5. The van der Waals surface area contributed by atoms with E-state index < -0.39 is 0 Å². The second-order valence-electron chi connectivity index (χ2n) is 8.06. The molecule has 0 radical (unpaired) electrons. The molecule has 0 saturated carbocycles. The predicted octanol–water partition coefficient (Wildman–Crippen LogP) is 4.57. The fourth-order valence-electron chi connectivity index (χ4n) is 3.78.